The molecule has 3 nitrogen and oxygen atoms in total. The number of rotatable bonds is 4. The number of hydrogen-bond donors (Lipinski definition) is 2. The van der Waals surface area contributed by atoms with Crippen molar-refractivity contribution in [2.24, 2.45) is 0 Å². The Labute approximate surface area is 94.5 Å². The maximum atomic E-state index is 13.5. The van der Waals surface area contributed by atoms with Crippen molar-refractivity contribution in [3.63, 3.8) is 0 Å². The van der Waals surface area contributed by atoms with Gasteiger partial charge in [0.2, 0.25) is 0 Å². The van der Waals surface area contributed by atoms with Crippen LogP contribution in [0.25, 0.3) is 0 Å². The first-order valence-corrected chi connectivity index (χ1v) is 5.12. The lowest BCUT2D eigenvalue weighted by molar-refractivity contribution is 0.0271. The predicted octanol–water partition coefficient (Wildman–Crippen LogP) is 2.03. The zero-order valence-corrected chi connectivity index (χ0v) is 9.70. The van der Waals surface area contributed by atoms with Crippen LogP contribution in [-0.4, -0.2) is 22.4 Å². The molecule has 0 radical (unpaired) electrons. The van der Waals surface area contributed by atoms with Crippen LogP contribution < -0.4 is 4.74 Å². The van der Waals surface area contributed by atoms with E-state index in [-0.39, 0.29) is 12.4 Å². The minimum Gasteiger partial charge on any atom is -0.488 e. The van der Waals surface area contributed by atoms with Crippen molar-refractivity contribution in [1.82, 2.24) is 0 Å². The van der Waals surface area contributed by atoms with Gasteiger partial charge in [-0.3, -0.25) is 0 Å². The van der Waals surface area contributed by atoms with Crippen molar-refractivity contribution in [2.75, 3.05) is 6.61 Å². The summed E-state index contributed by atoms with van der Waals surface area (Å²) in [6.45, 7) is 4.73. The summed E-state index contributed by atoms with van der Waals surface area (Å²) in [7, 11) is 0. The zero-order chi connectivity index (χ0) is 12.3. The molecule has 0 spiro atoms. The van der Waals surface area contributed by atoms with Gasteiger partial charge in [-0.2, -0.15) is 0 Å². The van der Waals surface area contributed by atoms with Crippen LogP contribution in [0, 0.1) is 5.82 Å². The summed E-state index contributed by atoms with van der Waals surface area (Å²) in [5, 5.41) is 18.7. The first-order valence-electron chi connectivity index (χ1n) is 5.12. The third-order valence-electron chi connectivity index (χ3n) is 2.02. The Balaban J connectivity index is 2.76. The Morgan fingerprint density at radius 2 is 2.06 bits per heavy atom. The summed E-state index contributed by atoms with van der Waals surface area (Å²) in [5.41, 5.74) is -0.511. The van der Waals surface area contributed by atoms with Crippen molar-refractivity contribution in [3.05, 3.63) is 29.6 Å². The second kappa shape index (κ2) is 4.80. The molecule has 0 aliphatic carbocycles. The van der Waals surface area contributed by atoms with E-state index < -0.39 is 17.5 Å². The normalized spacial score (nSPS) is 13.6. The Morgan fingerprint density at radius 1 is 1.44 bits per heavy atom. The highest BCUT2D eigenvalue weighted by Gasteiger charge is 2.15. The van der Waals surface area contributed by atoms with Crippen LogP contribution in [0.3, 0.4) is 0 Å². The second-order valence-electron chi connectivity index (χ2n) is 4.47. The third-order valence-corrected chi connectivity index (χ3v) is 2.02. The SMILES string of the molecule is CC(O)c1ccc(OCC(C)(C)O)c(F)c1. The van der Waals surface area contributed by atoms with Gasteiger partial charge in [0.1, 0.15) is 6.61 Å². The summed E-state index contributed by atoms with van der Waals surface area (Å²) >= 11 is 0. The van der Waals surface area contributed by atoms with E-state index in [2.05, 4.69) is 0 Å². The van der Waals surface area contributed by atoms with Crippen molar-refractivity contribution in [1.29, 1.82) is 0 Å². The monoisotopic (exact) mass is 228 g/mol. The van der Waals surface area contributed by atoms with E-state index in [1.807, 2.05) is 0 Å². The van der Waals surface area contributed by atoms with Crippen LogP contribution >= 0.6 is 0 Å². The largest absolute Gasteiger partial charge is 0.488 e. The summed E-state index contributed by atoms with van der Waals surface area (Å²) in [6, 6.07) is 4.26. The van der Waals surface area contributed by atoms with E-state index in [4.69, 9.17) is 4.74 Å². The highest BCUT2D eigenvalue weighted by molar-refractivity contribution is 5.30. The lowest BCUT2D eigenvalue weighted by Gasteiger charge is -2.18. The quantitative estimate of drug-likeness (QED) is 0.829. The molecule has 1 atom stereocenters. The lowest BCUT2D eigenvalue weighted by atomic mass is 10.1. The van der Waals surface area contributed by atoms with Gasteiger partial charge in [0.25, 0.3) is 0 Å². The van der Waals surface area contributed by atoms with Gasteiger partial charge in [-0.25, -0.2) is 4.39 Å². The number of halogens is 1. The van der Waals surface area contributed by atoms with Gasteiger partial charge in [-0.05, 0) is 38.5 Å². The first-order chi connectivity index (χ1) is 7.29. The molecule has 0 fully saturated rings. The average molecular weight is 228 g/mol. The molecule has 2 N–H and O–H groups in total. The molecule has 0 bridgehead atoms. The van der Waals surface area contributed by atoms with Crippen LogP contribution in [0.15, 0.2) is 18.2 Å². The van der Waals surface area contributed by atoms with E-state index in [0.717, 1.165) is 0 Å². The summed E-state index contributed by atoms with van der Waals surface area (Å²) in [5.74, 6) is -0.464. The van der Waals surface area contributed by atoms with Gasteiger partial charge in [-0.1, -0.05) is 6.07 Å². The van der Waals surface area contributed by atoms with Gasteiger partial charge >= 0.3 is 0 Å². The molecule has 1 aromatic rings. The predicted molar refractivity (Wildman–Crippen MR) is 58.8 cm³/mol. The van der Waals surface area contributed by atoms with Crippen LogP contribution in [0.1, 0.15) is 32.4 Å². The van der Waals surface area contributed by atoms with Crippen molar-refractivity contribution in [3.8, 4) is 5.75 Å². The van der Waals surface area contributed by atoms with Crippen molar-refractivity contribution in [2.45, 2.75) is 32.5 Å². The molecule has 0 heterocycles. The summed E-state index contributed by atoms with van der Waals surface area (Å²) in [4.78, 5) is 0. The molecule has 1 aromatic carbocycles. The van der Waals surface area contributed by atoms with Crippen LogP contribution in [0.4, 0.5) is 4.39 Å². The molecule has 0 amide bonds. The Bertz CT molecular complexity index is 356. The molecule has 0 saturated heterocycles. The Morgan fingerprint density at radius 3 is 2.50 bits per heavy atom. The number of aliphatic hydroxyl groups is 2. The maximum Gasteiger partial charge on any atom is 0.165 e. The topological polar surface area (TPSA) is 49.7 Å². The first kappa shape index (κ1) is 12.9. The molecule has 4 heteroatoms. The molecule has 90 valence electrons. The van der Waals surface area contributed by atoms with Crippen molar-refractivity contribution >= 4 is 0 Å². The highest BCUT2D eigenvalue weighted by Crippen LogP contribution is 2.22. The van der Waals surface area contributed by atoms with Gasteiger partial charge < -0.3 is 14.9 Å². The molecule has 0 aliphatic rings. The zero-order valence-electron chi connectivity index (χ0n) is 9.70. The van der Waals surface area contributed by atoms with Crippen LogP contribution in [0.2, 0.25) is 0 Å². The van der Waals surface area contributed by atoms with E-state index in [1.165, 1.54) is 12.1 Å². The third kappa shape index (κ3) is 3.79. The highest BCUT2D eigenvalue weighted by atomic mass is 19.1. The average Bonchev–Trinajstić information content (AvgIpc) is 2.14. The Hall–Kier alpha value is -1.13. The van der Waals surface area contributed by atoms with E-state index in [0.29, 0.717) is 5.56 Å². The molecular formula is C12H17FO3. The molecule has 1 rings (SSSR count). The van der Waals surface area contributed by atoms with Crippen LogP contribution in [0.5, 0.6) is 5.75 Å². The minimum atomic E-state index is -1.00. The number of aliphatic hydroxyl groups excluding tert-OH is 1. The molecule has 1 unspecified atom stereocenters. The van der Waals surface area contributed by atoms with Gasteiger partial charge in [0.15, 0.2) is 11.6 Å². The molecule has 0 saturated carbocycles. The number of hydrogen-bond acceptors (Lipinski definition) is 3. The summed E-state index contributed by atoms with van der Waals surface area (Å²) < 4.78 is 18.6. The molecule has 16 heavy (non-hydrogen) atoms. The van der Waals surface area contributed by atoms with Gasteiger partial charge in [0, 0.05) is 0 Å². The standard InChI is InChI=1S/C12H17FO3/c1-8(14)9-4-5-11(10(13)6-9)16-7-12(2,3)15/h4-6,8,14-15H,7H2,1-3H3. The van der Waals surface area contributed by atoms with E-state index in [1.54, 1.807) is 26.8 Å². The Kier molecular flexibility index (Phi) is 3.88. The van der Waals surface area contributed by atoms with Gasteiger partial charge in [0.05, 0.1) is 11.7 Å². The second-order valence-corrected chi connectivity index (χ2v) is 4.47. The fourth-order valence-corrected chi connectivity index (χ4v) is 1.15. The maximum absolute atomic E-state index is 13.5. The number of ether oxygens (including phenoxy) is 1. The fourth-order valence-electron chi connectivity index (χ4n) is 1.15. The van der Waals surface area contributed by atoms with Gasteiger partial charge in [-0.15, -0.1) is 0 Å². The molecule has 0 aromatic heterocycles. The number of benzene rings is 1. The molecular weight excluding hydrogens is 211 g/mol. The minimum absolute atomic E-state index is 0.0119. The lowest BCUT2D eigenvalue weighted by Crippen LogP contribution is -2.28. The van der Waals surface area contributed by atoms with E-state index in [9.17, 15) is 14.6 Å². The fraction of sp³-hybridized carbons (Fsp3) is 0.500. The van der Waals surface area contributed by atoms with Crippen molar-refractivity contribution < 1.29 is 19.3 Å². The summed E-state index contributed by atoms with van der Waals surface area (Å²) in [6.07, 6.45) is -0.710. The smallest absolute Gasteiger partial charge is 0.165 e. The van der Waals surface area contributed by atoms with Crippen LogP contribution in [-0.2, 0) is 0 Å². The van der Waals surface area contributed by atoms with E-state index >= 15 is 0 Å². The molecule has 0 aliphatic heterocycles.